The second-order valence-corrected chi connectivity index (χ2v) is 6.81. The maximum absolute atomic E-state index is 12.9. The van der Waals surface area contributed by atoms with Crippen molar-refractivity contribution in [3.8, 4) is 0 Å². The van der Waals surface area contributed by atoms with Gasteiger partial charge in [0, 0.05) is 11.8 Å². The minimum atomic E-state index is 0.193. The Kier molecular flexibility index (Phi) is 3.47. The largest absolute Gasteiger partial charge is 0.299 e. The molecule has 1 saturated carbocycles. The normalized spacial score (nSPS) is 34.0. The Morgan fingerprint density at radius 2 is 1.74 bits per heavy atom. The third kappa shape index (κ3) is 2.48. The van der Waals surface area contributed by atoms with Gasteiger partial charge in [-0.2, -0.15) is 0 Å². The van der Waals surface area contributed by atoms with E-state index in [-0.39, 0.29) is 5.92 Å². The van der Waals surface area contributed by atoms with Crippen LogP contribution in [0.3, 0.4) is 0 Å². The van der Waals surface area contributed by atoms with E-state index in [0.717, 1.165) is 25.7 Å². The summed E-state index contributed by atoms with van der Waals surface area (Å²) in [6.45, 7) is 4.61. The molecule has 0 heterocycles. The summed E-state index contributed by atoms with van der Waals surface area (Å²) < 4.78 is 0. The van der Waals surface area contributed by atoms with Crippen LogP contribution in [0.15, 0.2) is 24.3 Å². The summed E-state index contributed by atoms with van der Waals surface area (Å²) >= 11 is 0. The van der Waals surface area contributed by atoms with Crippen molar-refractivity contribution >= 4 is 5.78 Å². The van der Waals surface area contributed by atoms with Gasteiger partial charge in [0.15, 0.2) is 0 Å². The molecule has 3 unspecified atom stereocenters. The Hall–Kier alpha value is -1.11. The van der Waals surface area contributed by atoms with Gasteiger partial charge in [0.1, 0.15) is 5.78 Å². The van der Waals surface area contributed by atoms with Gasteiger partial charge in [-0.3, -0.25) is 4.79 Å². The van der Waals surface area contributed by atoms with Gasteiger partial charge in [-0.1, -0.05) is 38.1 Å². The molecule has 2 aliphatic rings. The highest BCUT2D eigenvalue weighted by Gasteiger charge is 2.36. The lowest BCUT2D eigenvalue weighted by Crippen LogP contribution is -2.29. The molecular weight excluding hydrogens is 232 g/mol. The molecule has 0 bridgehead atoms. The molecular formula is C18H24O. The van der Waals surface area contributed by atoms with Gasteiger partial charge in [0.2, 0.25) is 0 Å². The van der Waals surface area contributed by atoms with Gasteiger partial charge in [-0.25, -0.2) is 0 Å². The zero-order valence-electron chi connectivity index (χ0n) is 12.1. The number of Topliss-reactive ketones (excluding diaryl/α,β-unsaturated/α-hetero) is 1. The molecule has 0 saturated heterocycles. The lowest BCUT2D eigenvalue weighted by Gasteiger charge is -2.32. The first-order valence-electron chi connectivity index (χ1n) is 7.76. The molecule has 0 N–H and O–H groups in total. The fourth-order valence-corrected chi connectivity index (χ4v) is 4.32. The van der Waals surface area contributed by atoms with E-state index in [1.807, 2.05) is 0 Å². The molecule has 1 heteroatoms. The van der Waals surface area contributed by atoms with Crippen LogP contribution < -0.4 is 0 Å². The Labute approximate surface area is 116 Å². The zero-order chi connectivity index (χ0) is 13.4. The molecule has 1 nitrogen and oxygen atoms in total. The van der Waals surface area contributed by atoms with Crippen LogP contribution in [0.1, 0.15) is 56.6 Å². The average molecular weight is 256 g/mol. The minimum absolute atomic E-state index is 0.193. The number of fused-ring (bicyclic) bond motifs is 1. The van der Waals surface area contributed by atoms with Crippen molar-refractivity contribution in [2.75, 3.05) is 0 Å². The van der Waals surface area contributed by atoms with Gasteiger partial charge in [0.25, 0.3) is 0 Å². The Morgan fingerprint density at radius 1 is 1.05 bits per heavy atom. The average Bonchev–Trinajstić information content (AvgIpc) is 2.80. The number of carbonyl (C=O) groups excluding carboxylic acids is 1. The van der Waals surface area contributed by atoms with Crippen LogP contribution in [-0.4, -0.2) is 5.78 Å². The third-order valence-corrected chi connectivity index (χ3v) is 5.06. The lowest BCUT2D eigenvalue weighted by atomic mass is 9.72. The molecule has 1 aromatic rings. The summed E-state index contributed by atoms with van der Waals surface area (Å²) in [4.78, 5) is 12.9. The van der Waals surface area contributed by atoms with Crippen LogP contribution >= 0.6 is 0 Å². The molecule has 0 amide bonds. The molecule has 0 radical (unpaired) electrons. The SMILES string of the molecule is CC1CC(C)CC(C(=O)C2CCc3ccccc32)C1. The highest BCUT2D eigenvalue weighted by atomic mass is 16.1. The summed E-state index contributed by atoms with van der Waals surface area (Å²) in [5, 5.41) is 0. The van der Waals surface area contributed by atoms with Crippen molar-refractivity contribution in [3.05, 3.63) is 35.4 Å². The first kappa shape index (κ1) is 12.9. The van der Waals surface area contributed by atoms with E-state index in [0.29, 0.717) is 23.5 Å². The van der Waals surface area contributed by atoms with Gasteiger partial charge in [-0.15, -0.1) is 0 Å². The highest BCUT2D eigenvalue weighted by Crippen LogP contribution is 2.40. The molecule has 1 aromatic carbocycles. The van der Waals surface area contributed by atoms with Gasteiger partial charge >= 0.3 is 0 Å². The maximum atomic E-state index is 12.9. The van der Waals surface area contributed by atoms with Gasteiger partial charge in [-0.05, 0) is 55.1 Å². The van der Waals surface area contributed by atoms with Crippen LogP contribution in [0.2, 0.25) is 0 Å². The minimum Gasteiger partial charge on any atom is -0.299 e. The van der Waals surface area contributed by atoms with E-state index in [4.69, 9.17) is 0 Å². The highest BCUT2D eigenvalue weighted by molar-refractivity contribution is 5.89. The fourth-order valence-electron chi connectivity index (χ4n) is 4.32. The van der Waals surface area contributed by atoms with E-state index < -0.39 is 0 Å². The first-order chi connectivity index (χ1) is 9.15. The summed E-state index contributed by atoms with van der Waals surface area (Å²) in [6, 6.07) is 8.53. The maximum Gasteiger partial charge on any atom is 0.143 e. The second-order valence-electron chi connectivity index (χ2n) is 6.81. The van der Waals surface area contributed by atoms with Crippen LogP contribution in [0.4, 0.5) is 0 Å². The standard InChI is InChI=1S/C18H24O/c1-12-9-13(2)11-15(10-12)18(19)17-8-7-14-5-3-4-6-16(14)17/h3-6,12-13,15,17H,7-11H2,1-2H3. The van der Waals surface area contributed by atoms with E-state index in [1.165, 1.54) is 17.5 Å². The first-order valence-corrected chi connectivity index (χ1v) is 7.76. The summed E-state index contributed by atoms with van der Waals surface area (Å²) in [7, 11) is 0. The smallest absolute Gasteiger partial charge is 0.143 e. The topological polar surface area (TPSA) is 17.1 Å². The van der Waals surface area contributed by atoms with Crippen LogP contribution in [-0.2, 0) is 11.2 Å². The number of benzene rings is 1. The van der Waals surface area contributed by atoms with Crippen molar-refractivity contribution < 1.29 is 4.79 Å². The van der Waals surface area contributed by atoms with Crippen LogP contribution in [0.25, 0.3) is 0 Å². The zero-order valence-corrected chi connectivity index (χ0v) is 12.1. The van der Waals surface area contributed by atoms with E-state index in [2.05, 4.69) is 38.1 Å². The summed E-state index contributed by atoms with van der Waals surface area (Å²) in [5.74, 6) is 2.47. The summed E-state index contributed by atoms with van der Waals surface area (Å²) in [6.07, 6.45) is 5.65. The van der Waals surface area contributed by atoms with E-state index in [1.54, 1.807) is 0 Å². The number of hydrogen-bond donors (Lipinski definition) is 0. The fraction of sp³-hybridized carbons (Fsp3) is 0.611. The number of carbonyl (C=O) groups is 1. The lowest BCUT2D eigenvalue weighted by molar-refractivity contribution is -0.126. The third-order valence-electron chi connectivity index (χ3n) is 5.06. The summed E-state index contributed by atoms with van der Waals surface area (Å²) in [5.41, 5.74) is 2.72. The predicted molar refractivity (Wildman–Crippen MR) is 78.2 cm³/mol. The molecule has 3 rings (SSSR count). The van der Waals surface area contributed by atoms with Gasteiger partial charge < -0.3 is 0 Å². The second kappa shape index (κ2) is 5.11. The molecule has 0 aromatic heterocycles. The van der Waals surface area contributed by atoms with Crippen LogP contribution in [0, 0.1) is 17.8 Å². The number of hydrogen-bond acceptors (Lipinski definition) is 1. The Morgan fingerprint density at radius 3 is 2.47 bits per heavy atom. The predicted octanol–water partition coefficient (Wildman–Crippen LogP) is 4.36. The number of rotatable bonds is 2. The molecule has 3 atom stereocenters. The van der Waals surface area contributed by atoms with Crippen LogP contribution in [0.5, 0.6) is 0 Å². The Balaban J connectivity index is 1.78. The number of ketones is 1. The number of aryl methyl sites for hydroxylation is 1. The molecule has 0 aliphatic heterocycles. The quantitative estimate of drug-likeness (QED) is 0.768. The molecule has 19 heavy (non-hydrogen) atoms. The Bertz CT molecular complexity index is 466. The monoisotopic (exact) mass is 256 g/mol. The van der Waals surface area contributed by atoms with Gasteiger partial charge in [0.05, 0.1) is 0 Å². The van der Waals surface area contributed by atoms with Crippen molar-refractivity contribution in [2.24, 2.45) is 17.8 Å². The van der Waals surface area contributed by atoms with Crippen molar-refractivity contribution in [3.63, 3.8) is 0 Å². The molecule has 0 spiro atoms. The van der Waals surface area contributed by atoms with E-state index >= 15 is 0 Å². The molecule has 2 aliphatic carbocycles. The van der Waals surface area contributed by atoms with Crippen molar-refractivity contribution in [1.82, 2.24) is 0 Å². The van der Waals surface area contributed by atoms with Crippen molar-refractivity contribution in [2.45, 2.75) is 51.9 Å². The van der Waals surface area contributed by atoms with Crippen molar-refractivity contribution in [1.29, 1.82) is 0 Å². The van der Waals surface area contributed by atoms with E-state index in [9.17, 15) is 4.79 Å². The molecule has 102 valence electrons. The molecule has 1 fully saturated rings.